The quantitative estimate of drug-likeness (QED) is 0.673. The van der Waals surface area contributed by atoms with Crippen LogP contribution < -0.4 is 0 Å². The summed E-state index contributed by atoms with van der Waals surface area (Å²) in [7, 11) is 0. The SMILES string of the molecule is N#CC(C(=O)c1ccc(Cn2cc(Cl)cn2)o1)c1ccccn1. The second kappa shape index (κ2) is 6.46. The Kier molecular flexibility index (Phi) is 4.22. The molecular weight excluding hydrogens is 316 g/mol. The summed E-state index contributed by atoms with van der Waals surface area (Å²) in [6, 6.07) is 10.3. The molecule has 6 nitrogen and oxygen atoms in total. The first-order valence-electron chi connectivity index (χ1n) is 6.79. The highest BCUT2D eigenvalue weighted by Gasteiger charge is 2.25. The van der Waals surface area contributed by atoms with E-state index in [1.165, 1.54) is 6.20 Å². The molecule has 0 N–H and O–H groups in total. The van der Waals surface area contributed by atoms with E-state index < -0.39 is 11.7 Å². The van der Waals surface area contributed by atoms with Gasteiger partial charge in [0, 0.05) is 12.4 Å². The van der Waals surface area contributed by atoms with Gasteiger partial charge in [-0.2, -0.15) is 10.4 Å². The molecule has 1 atom stereocenters. The average molecular weight is 327 g/mol. The van der Waals surface area contributed by atoms with E-state index in [4.69, 9.17) is 16.0 Å². The highest BCUT2D eigenvalue weighted by atomic mass is 35.5. The number of pyridine rings is 1. The van der Waals surface area contributed by atoms with Crippen LogP contribution in [-0.4, -0.2) is 20.5 Å². The van der Waals surface area contributed by atoms with Gasteiger partial charge in [0.1, 0.15) is 5.76 Å². The third-order valence-corrected chi connectivity index (χ3v) is 3.39. The number of carbonyl (C=O) groups excluding carboxylic acids is 1. The molecule has 7 heteroatoms. The predicted molar refractivity (Wildman–Crippen MR) is 82.0 cm³/mol. The van der Waals surface area contributed by atoms with Crippen molar-refractivity contribution in [1.29, 1.82) is 5.26 Å². The molecule has 0 aliphatic rings. The van der Waals surface area contributed by atoms with Gasteiger partial charge in [-0.15, -0.1) is 0 Å². The molecule has 3 rings (SSSR count). The van der Waals surface area contributed by atoms with Crippen molar-refractivity contribution in [1.82, 2.24) is 14.8 Å². The lowest BCUT2D eigenvalue weighted by atomic mass is 9.99. The lowest BCUT2D eigenvalue weighted by molar-refractivity contribution is 0.0948. The fourth-order valence-corrected chi connectivity index (χ4v) is 2.28. The van der Waals surface area contributed by atoms with Gasteiger partial charge in [-0.3, -0.25) is 14.5 Å². The summed E-state index contributed by atoms with van der Waals surface area (Å²) >= 11 is 5.80. The summed E-state index contributed by atoms with van der Waals surface area (Å²) in [4.78, 5) is 16.5. The zero-order valence-electron chi connectivity index (χ0n) is 11.9. The van der Waals surface area contributed by atoms with Crippen molar-refractivity contribution in [3.05, 3.63) is 71.2 Å². The number of hydrogen-bond donors (Lipinski definition) is 0. The monoisotopic (exact) mass is 326 g/mol. The average Bonchev–Trinajstić information content (AvgIpc) is 3.19. The van der Waals surface area contributed by atoms with Crippen LogP contribution in [-0.2, 0) is 6.54 Å². The first-order chi connectivity index (χ1) is 11.2. The molecule has 0 amide bonds. The van der Waals surface area contributed by atoms with Crippen LogP contribution >= 0.6 is 11.6 Å². The molecule has 3 heterocycles. The molecule has 3 aromatic rings. The second-order valence-corrected chi connectivity index (χ2v) is 5.24. The van der Waals surface area contributed by atoms with E-state index in [1.54, 1.807) is 47.4 Å². The van der Waals surface area contributed by atoms with E-state index in [-0.39, 0.29) is 5.76 Å². The normalized spacial score (nSPS) is 11.8. The summed E-state index contributed by atoms with van der Waals surface area (Å²) in [5.74, 6) is -0.744. The van der Waals surface area contributed by atoms with Crippen LogP contribution in [0.1, 0.15) is 27.9 Å². The van der Waals surface area contributed by atoms with E-state index in [0.717, 1.165) is 0 Å². The largest absolute Gasteiger partial charge is 0.456 e. The van der Waals surface area contributed by atoms with Crippen molar-refractivity contribution in [2.75, 3.05) is 0 Å². The lowest BCUT2D eigenvalue weighted by Gasteiger charge is -2.05. The molecule has 0 aliphatic carbocycles. The number of furan rings is 1. The Morgan fingerprint density at radius 1 is 1.39 bits per heavy atom. The van der Waals surface area contributed by atoms with Crippen LogP contribution in [0.3, 0.4) is 0 Å². The van der Waals surface area contributed by atoms with Crippen LogP contribution in [0.25, 0.3) is 0 Å². The highest BCUT2D eigenvalue weighted by molar-refractivity contribution is 6.30. The van der Waals surface area contributed by atoms with Crippen LogP contribution in [0.4, 0.5) is 0 Å². The zero-order valence-corrected chi connectivity index (χ0v) is 12.6. The molecule has 3 aromatic heterocycles. The Bertz CT molecular complexity index is 864. The second-order valence-electron chi connectivity index (χ2n) is 4.80. The first-order valence-corrected chi connectivity index (χ1v) is 7.16. The van der Waals surface area contributed by atoms with Crippen molar-refractivity contribution in [2.24, 2.45) is 0 Å². The number of hydrogen-bond acceptors (Lipinski definition) is 5. The fourth-order valence-electron chi connectivity index (χ4n) is 2.13. The maximum Gasteiger partial charge on any atom is 0.221 e. The summed E-state index contributed by atoms with van der Waals surface area (Å²) in [6.07, 6.45) is 4.71. The molecule has 0 saturated carbocycles. The fraction of sp³-hybridized carbons (Fsp3) is 0.125. The van der Waals surface area contributed by atoms with Crippen molar-refractivity contribution in [2.45, 2.75) is 12.5 Å². The summed E-state index contributed by atoms with van der Waals surface area (Å²) in [5, 5.41) is 13.8. The van der Waals surface area contributed by atoms with Crippen LogP contribution in [0.5, 0.6) is 0 Å². The summed E-state index contributed by atoms with van der Waals surface area (Å²) in [5.41, 5.74) is 0.400. The first kappa shape index (κ1) is 15.0. The molecule has 0 fully saturated rings. The minimum absolute atomic E-state index is 0.121. The predicted octanol–water partition coefficient (Wildman–Crippen LogP) is 3.06. The van der Waals surface area contributed by atoms with E-state index in [1.807, 2.05) is 6.07 Å². The Labute approximate surface area is 136 Å². The topological polar surface area (TPSA) is 84.7 Å². The molecule has 0 spiro atoms. The lowest BCUT2D eigenvalue weighted by Crippen LogP contribution is -2.11. The minimum atomic E-state index is -0.991. The van der Waals surface area contributed by atoms with Crippen LogP contribution in [0, 0.1) is 11.3 Å². The molecule has 114 valence electrons. The number of carbonyl (C=O) groups is 1. The molecule has 0 aromatic carbocycles. The maximum atomic E-state index is 12.4. The number of nitriles is 1. The Balaban J connectivity index is 1.79. The van der Waals surface area contributed by atoms with Crippen molar-refractivity contribution >= 4 is 17.4 Å². The minimum Gasteiger partial charge on any atom is -0.456 e. The van der Waals surface area contributed by atoms with E-state index in [2.05, 4.69) is 10.1 Å². The van der Waals surface area contributed by atoms with Gasteiger partial charge in [0.05, 0.1) is 29.5 Å². The van der Waals surface area contributed by atoms with Gasteiger partial charge < -0.3 is 4.42 Å². The molecule has 0 radical (unpaired) electrons. The molecule has 0 aliphatic heterocycles. The molecular formula is C16H11ClN4O2. The van der Waals surface area contributed by atoms with Gasteiger partial charge in [0.15, 0.2) is 11.7 Å². The molecule has 23 heavy (non-hydrogen) atoms. The van der Waals surface area contributed by atoms with E-state index in [9.17, 15) is 10.1 Å². The third kappa shape index (κ3) is 3.30. The molecule has 0 bridgehead atoms. The van der Waals surface area contributed by atoms with Gasteiger partial charge in [0.2, 0.25) is 5.78 Å². The highest BCUT2D eigenvalue weighted by Crippen LogP contribution is 2.20. The summed E-state index contributed by atoms with van der Waals surface area (Å²) in [6.45, 7) is 0.348. The Hall–Kier alpha value is -2.91. The van der Waals surface area contributed by atoms with Gasteiger partial charge in [0.25, 0.3) is 0 Å². The van der Waals surface area contributed by atoms with Crippen molar-refractivity contribution in [3.8, 4) is 6.07 Å². The smallest absolute Gasteiger partial charge is 0.221 e. The standard InChI is InChI=1S/C16H11ClN4O2/c17-11-8-20-21(9-11)10-12-4-5-15(23-12)16(22)13(7-18)14-3-1-2-6-19-14/h1-6,8-9,13H,10H2. The number of aromatic nitrogens is 3. The molecule has 1 unspecified atom stereocenters. The van der Waals surface area contributed by atoms with Gasteiger partial charge >= 0.3 is 0 Å². The van der Waals surface area contributed by atoms with Crippen LogP contribution in [0.15, 0.2) is 53.3 Å². The van der Waals surface area contributed by atoms with Gasteiger partial charge in [-0.1, -0.05) is 17.7 Å². The van der Waals surface area contributed by atoms with Crippen molar-refractivity contribution < 1.29 is 9.21 Å². The number of ketones is 1. The van der Waals surface area contributed by atoms with Crippen LogP contribution in [0.2, 0.25) is 5.02 Å². The van der Waals surface area contributed by atoms with Crippen molar-refractivity contribution in [3.63, 3.8) is 0 Å². The van der Waals surface area contributed by atoms with Gasteiger partial charge in [-0.05, 0) is 24.3 Å². The van der Waals surface area contributed by atoms with E-state index in [0.29, 0.717) is 23.0 Å². The Morgan fingerprint density at radius 3 is 2.91 bits per heavy atom. The number of nitrogens with zero attached hydrogens (tertiary/aromatic N) is 4. The summed E-state index contributed by atoms with van der Waals surface area (Å²) < 4.78 is 7.12. The third-order valence-electron chi connectivity index (χ3n) is 3.20. The number of Topliss-reactive ketones (excluding diaryl/α,β-unsaturated/α-hetero) is 1. The van der Waals surface area contributed by atoms with E-state index >= 15 is 0 Å². The zero-order chi connectivity index (χ0) is 16.2. The van der Waals surface area contributed by atoms with Gasteiger partial charge in [-0.25, -0.2) is 0 Å². The number of rotatable bonds is 5. The Morgan fingerprint density at radius 2 is 2.26 bits per heavy atom. The maximum absolute atomic E-state index is 12.4. The number of halogens is 1. The molecule has 0 saturated heterocycles.